The molecule has 0 unspecified atom stereocenters. The molecule has 0 aliphatic carbocycles. The lowest BCUT2D eigenvalue weighted by Crippen LogP contribution is -2.32. The lowest BCUT2D eigenvalue weighted by molar-refractivity contribution is -0.120. The number of para-hydroxylation sites is 2. The first-order valence-corrected chi connectivity index (χ1v) is 9.19. The van der Waals surface area contributed by atoms with E-state index in [0.29, 0.717) is 23.4 Å². The average molecular weight is 359 g/mol. The molecule has 1 aromatic heterocycles. The summed E-state index contributed by atoms with van der Waals surface area (Å²) >= 11 is 0. The van der Waals surface area contributed by atoms with Gasteiger partial charge in [0.25, 0.3) is 11.8 Å². The zero-order valence-corrected chi connectivity index (χ0v) is 15.6. The molecule has 0 atom stereocenters. The van der Waals surface area contributed by atoms with Gasteiger partial charge in [-0.05, 0) is 30.5 Å². The number of aromatic nitrogens is 2. The summed E-state index contributed by atoms with van der Waals surface area (Å²) in [5.74, 6) is -0.389. The molecule has 1 aliphatic heterocycles. The van der Waals surface area contributed by atoms with E-state index in [1.807, 2.05) is 49.4 Å². The summed E-state index contributed by atoms with van der Waals surface area (Å²) in [5.41, 5.74) is 3.20. The van der Waals surface area contributed by atoms with E-state index < -0.39 is 0 Å². The van der Waals surface area contributed by atoms with Gasteiger partial charge in [0.05, 0.1) is 16.9 Å². The fraction of sp³-hybridized carbons (Fsp3) is 0.227. The summed E-state index contributed by atoms with van der Waals surface area (Å²) < 4.78 is 1.66. The predicted molar refractivity (Wildman–Crippen MR) is 106 cm³/mol. The number of amides is 2. The number of rotatable bonds is 4. The average Bonchev–Trinajstić information content (AvgIpc) is 3.17. The van der Waals surface area contributed by atoms with E-state index in [4.69, 9.17) is 5.10 Å². The van der Waals surface area contributed by atoms with E-state index in [2.05, 4.69) is 13.8 Å². The smallest absolute Gasteiger partial charge is 0.268 e. The van der Waals surface area contributed by atoms with Crippen molar-refractivity contribution in [2.24, 2.45) is 0 Å². The highest BCUT2D eigenvalue weighted by Crippen LogP contribution is 2.34. The highest BCUT2D eigenvalue weighted by molar-refractivity contribution is 6.43. The normalized spacial score (nSPS) is 14.9. The Kier molecular flexibility index (Phi) is 4.15. The van der Waals surface area contributed by atoms with Crippen molar-refractivity contribution in [3.63, 3.8) is 0 Å². The Bertz CT molecular complexity index is 1080. The summed E-state index contributed by atoms with van der Waals surface area (Å²) in [6.45, 7) is 6.04. The third-order valence-corrected chi connectivity index (χ3v) is 4.90. The first-order chi connectivity index (χ1) is 13.0. The molecule has 136 valence electrons. The highest BCUT2D eigenvalue weighted by Gasteiger charge is 2.40. The Hall–Kier alpha value is -3.21. The Morgan fingerprint density at radius 3 is 2.26 bits per heavy atom. The molecule has 5 nitrogen and oxygen atoms in total. The summed E-state index contributed by atoms with van der Waals surface area (Å²) in [6.07, 6.45) is 0.467. The first kappa shape index (κ1) is 17.2. The van der Waals surface area contributed by atoms with Crippen LogP contribution in [0.2, 0.25) is 0 Å². The molecule has 4 rings (SSSR count). The van der Waals surface area contributed by atoms with Crippen molar-refractivity contribution in [2.45, 2.75) is 33.1 Å². The molecule has 2 amide bonds. The zero-order valence-electron chi connectivity index (χ0n) is 15.6. The van der Waals surface area contributed by atoms with Crippen molar-refractivity contribution in [3.05, 3.63) is 65.9 Å². The third kappa shape index (κ3) is 2.58. The van der Waals surface area contributed by atoms with Gasteiger partial charge in [-0.15, -0.1) is 0 Å². The van der Waals surface area contributed by atoms with Crippen LogP contribution in [0.3, 0.4) is 0 Å². The van der Waals surface area contributed by atoms with Crippen LogP contribution >= 0.6 is 0 Å². The fourth-order valence-electron chi connectivity index (χ4n) is 3.60. The van der Waals surface area contributed by atoms with Crippen molar-refractivity contribution < 1.29 is 9.59 Å². The Morgan fingerprint density at radius 2 is 1.59 bits per heavy atom. The summed E-state index contributed by atoms with van der Waals surface area (Å²) in [7, 11) is 0. The second-order valence-corrected chi connectivity index (χ2v) is 6.93. The molecule has 0 saturated heterocycles. The van der Waals surface area contributed by atoms with E-state index in [1.54, 1.807) is 16.8 Å². The number of nitrogens with zero attached hydrogens (tertiary/aromatic N) is 3. The first-order valence-electron chi connectivity index (χ1n) is 9.19. The monoisotopic (exact) mass is 359 g/mol. The maximum atomic E-state index is 13.3. The summed E-state index contributed by atoms with van der Waals surface area (Å²) in [4.78, 5) is 27.6. The van der Waals surface area contributed by atoms with Gasteiger partial charge in [0.15, 0.2) is 0 Å². The molecule has 27 heavy (non-hydrogen) atoms. The van der Waals surface area contributed by atoms with E-state index in [9.17, 15) is 9.59 Å². The van der Waals surface area contributed by atoms with E-state index in [1.165, 1.54) is 4.90 Å². The molecule has 0 N–H and O–H groups in total. The molecule has 2 heterocycles. The van der Waals surface area contributed by atoms with Crippen LogP contribution in [0.5, 0.6) is 0 Å². The molecule has 1 aliphatic rings. The topological polar surface area (TPSA) is 55.2 Å². The quantitative estimate of drug-likeness (QED) is 0.651. The highest BCUT2D eigenvalue weighted by atomic mass is 16.2. The molecule has 0 spiro atoms. The predicted octanol–water partition coefficient (Wildman–Crippen LogP) is 4.35. The maximum Gasteiger partial charge on any atom is 0.284 e. The van der Waals surface area contributed by atoms with Gasteiger partial charge in [-0.1, -0.05) is 57.2 Å². The Morgan fingerprint density at radius 1 is 0.926 bits per heavy atom. The summed E-state index contributed by atoms with van der Waals surface area (Å²) in [6, 6.07) is 16.9. The van der Waals surface area contributed by atoms with Crippen LogP contribution in [-0.2, 0) is 9.59 Å². The molecule has 3 aromatic rings. The van der Waals surface area contributed by atoms with E-state index in [-0.39, 0.29) is 17.7 Å². The minimum absolute atomic E-state index is 0.208. The second kappa shape index (κ2) is 6.50. The van der Waals surface area contributed by atoms with Crippen molar-refractivity contribution >= 4 is 34.1 Å². The van der Waals surface area contributed by atoms with Crippen LogP contribution in [-0.4, -0.2) is 21.6 Å². The van der Waals surface area contributed by atoms with Crippen molar-refractivity contribution in [2.75, 3.05) is 4.90 Å². The number of benzene rings is 2. The number of carbonyl (C=O) groups is 2. The van der Waals surface area contributed by atoms with Crippen molar-refractivity contribution in [3.8, 4) is 0 Å². The van der Waals surface area contributed by atoms with Crippen molar-refractivity contribution in [1.82, 2.24) is 9.78 Å². The van der Waals surface area contributed by atoms with Gasteiger partial charge in [0, 0.05) is 11.0 Å². The Balaban J connectivity index is 1.93. The number of carbonyl (C=O) groups excluding carboxylic acids is 2. The fourth-order valence-corrected chi connectivity index (χ4v) is 3.60. The molecule has 0 saturated carbocycles. The molecule has 2 aromatic carbocycles. The standard InChI is InChI=1S/C22H21N3O2/c1-4-16-20(22(27)24(21(16)26)15-10-6-5-7-11-15)25-18-13-9-8-12-17(18)19(23-25)14(2)3/h5-14H,4H2,1-3H3. The number of imide groups is 1. The van der Waals surface area contributed by atoms with Crippen molar-refractivity contribution in [1.29, 1.82) is 0 Å². The largest absolute Gasteiger partial charge is 0.284 e. The molecular weight excluding hydrogens is 338 g/mol. The van der Waals surface area contributed by atoms with Crippen LogP contribution < -0.4 is 4.90 Å². The SMILES string of the molecule is CCC1=C(n2nc(C(C)C)c3ccccc32)C(=O)N(c2ccccc2)C1=O. The minimum Gasteiger partial charge on any atom is -0.268 e. The molecule has 5 heteroatoms. The number of hydrogen-bond acceptors (Lipinski definition) is 3. The Labute approximate surface area is 157 Å². The second-order valence-electron chi connectivity index (χ2n) is 6.93. The lowest BCUT2D eigenvalue weighted by atomic mass is 10.1. The zero-order chi connectivity index (χ0) is 19.1. The van der Waals surface area contributed by atoms with Gasteiger partial charge >= 0.3 is 0 Å². The third-order valence-electron chi connectivity index (χ3n) is 4.90. The van der Waals surface area contributed by atoms with E-state index >= 15 is 0 Å². The van der Waals surface area contributed by atoms with Crippen LogP contribution in [0.4, 0.5) is 5.69 Å². The number of hydrogen-bond donors (Lipinski definition) is 0. The van der Waals surface area contributed by atoms with Gasteiger partial charge in [0.2, 0.25) is 0 Å². The molecule has 0 fully saturated rings. The van der Waals surface area contributed by atoms with E-state index in [0.717, 1.165) is 16.6 Å². The number of anilines is 1. The van der Waals surface area contributed by atoms with Gasteiger partial charge in [-0.25, -0.2) is 9.58 Å². The van der Waals surface area contributed by atoms with Gasteiger partial charge in [0.1, 0.15) is 5.70 Å². The van der Waals surface area contributed by atoms with Crippen LogP contribution in [0.1, 0.15) is 38.8 Å². The molecule has 0 radical (unpaired) electrons. The summed E-state index contributed by atoms with van der Waals surface area (Å²) in [5, 5.41) is 5.75. The minimum atomic E-state index is -0.327. The van der Waals surface area contributed by atoms with Crippen LogP contribution in [0.25, 0.3) is 16.6 Å². The van der Waals surface area contributed by atoms with Gasteiger partial charge in [-0.2, -0.15) is 5.10 Å². The maximum absolute atomic E-state index is 13.3. The van der Waals surface area contributed by atoms with Crippen LogP contribution in [0, 0.1) is 0 Å². The number of fused-ring (bicyclic) bond motifs is 1. The van der Waals surface area contributed by atoms with Gasteiger partial charge in [-0.3, -0.25) is 9.59 Å². The lowest BCUT2D eigenvalue weighted by Gasteiger charge is -2.14. The van der Waals surface area contributed by atoms with Gasteiger partial charge < -0.3 is 0 Å². The molecular formula is C22H21N3O2. The van der Waals surface area contributed by atoms with Crippen LogP contribution in [0.15, 0.2) is 60.2 Å². The molecule has 0 bridgehead atoms.